The molecule has 25 heavy (non-hydrogen) atoms. The number of terminal acetylenes is 1. The predicted molar refractivity (Wildman–Crippen MR) is 95.1 cm³/mol. The standard InChI is InChI=1S/C19H24N2O4/c1-5-18(2,3)21-11-14(25-19(22,13-21)23-4)12-24-17-8-6-7-16-15(17)9-10-20-16/h1,6-10,14,20,22H,11-13H2,2-4H3. The van der Waals surface area contributed by atoms with Gasteiger partial charge in [0, 0.05) is 30.8 Å². The number of aromatic nitrogens is 1. The third kappa shape index (κ3) is 3.65. The third-order valence-corrected chi connectivity index (χ3v) is 4.61. The molecule has 0 radical (unpaired) electrons. The van der Waals surface area contributed by atoms with Crippen molar-refractivity contribution < 1.29 is 19.3 Å². The van der Waals surface area contributed by atoms with Crippen molar-refractivity contribution in [2.24, 2.45) is 0 Å². The molecule has 2 heterocycles. The quantitative estimate of drug-likeness (QED) is 0.641. The molecule has 0 spiro atoms. The van der Waals surface area contributed by atoms with Gasteiger partial charge in [-0.2, -0.15) is 0 Å². The Bertz CT molecular complexity index is 779. The average Bonchev–Trinajstić information content (AvgIpc) is 3.09. The van der Waals surface area contributed by atoms with Gasteiger partial charge in [0.2, 0.25) is 0 Å². The molecule has 0 aliphatic carbocycles. The van der Waals surface area contributed by atoms with E-state index in [1.807, 2.05) is 49.2 Å². The highest BCUT2D eigenvalue weighted by molar-refractivity contribution is 5.85. The largest absolute Gasteiger partial charge is 0.490 e. The van der Waals surface area contributed by atoms with Gasteiger partial charge in [0.1, 0.15) is 18.5 Å². The van der Waals surface area contributed by atoms with Gasteiger partial charge in [0.15, 0.2) is 0 Å². The summed E-state index contributed by atoms with van der Waals surface area (Å²) in [6.45, 7) is 4.82. The zero-order valence-corrected chi connectivity index (χ0v) is 14.8. The molecule has 1 aromatic carbocycles. The number of nitrogens with zero attached hydrogens (tertiary/aromatic N) is 1. The number of benzene rings is 1. The van der Waals surface area contributed by atoms with Crippen LogP contribution in [0.3, 0.4) is 0 Å². The molecule has 2 atom stereocenters. The maximum Gasteiger partial charge on any atom is 0.294 e. The molecule has 134 valence electrons. The van der Waals surface area contributed by atoms with E-state index < -0.39 is 11.5 Å². The number of rotatable bonds is 5. The fourth-order valence-electron chi connectivity index (χ4n) is 2.97. The molecule has 0 saturated carbocycles. The van der Waals surface area contributed by atoms with E-state index in [4.69, 9.17) is 20.6 Å². The lowest BCUT2D eigenvalue weighted by molar-refractivity contribution is -0.392. The lowest BCUT2D eigenvalue weighted by atomic mass is 10.0. The van der Waals surface area contributed by atoms with Gasteiger partial charge in [0.05, 0.1) is 12.1 Å². The highest BCUT2D eigenvalue weighted by Gasteiger charge is 2.44. The van der Waals surface area contributed by atoms with E-state index in [9.17, 15) is 5.11 Å². The van der Waals surface area contributed by atoms with Crippen LogP contribution in [0.5, 0.6) is 5.75 Å². The normalized spacial score (nSPS) is 25.0. The van der Waals surface area contributed by atoms with Crippen molar-refractivity contribution in [1.82, 2.24) is 9.88 Å². The minimum Gasteiger partial charge on any atom is -0.490 e. The summed E-state index contributed by atoms with van der Waals surface area (Å²) < 4.78 is 16.8. The predicted octanol–water partition coefficient (Wildman–Crippen LogP) is 1.95. The van der Waals surface area contributed by atoms with Crippen molar-refractivity contribution in [3.8, 4) is 18.1 Å². The zero-order valence-electron chi connectivity index (χ0n) is 14.8. The molecular formula is C19H24N2O4. The first-order valence-corrected chi connectivity index (χ1v) is 8.24. The van der Waals surface area contributed by atoms with E-state index in [0.29, 0.717) is 6.54 Å². The van der Waals surface area contributed by atoms with Crippen molar-refractivity contribution in [3.05, 3.63) is 30.5 Å². The maximum atomic E-state index is 10.5. The zero-order chi connectivity index (χ0) is 18.1. The Morgan fingerprint density at radius 2 is 2.28 bits per heavy atom. The lowest BCUT2D eigenvalue weighted by Gasteiger charge is -2.46. The van der Waals surface area contributed by atoms with Crippen LogP contribution >= 0.6 is 0 Å². The number of hydrogen-bond acceptors (Lipinski definition) is 5. The van der Waals surface area contributed by atoms with Crippen LogP contribution < -0.4 is 4.74 Å². The summed E-state index contributed by atoms with van der Waals surface area (Å²) in [5.74, 6) is 1.80. The van der Waals surface area contributed by atoms with E-state index in [2.05, 4.69) is 10.9 Å². The van der Waals surface area contributed by atoms with E-state index in [1.165, 1.54) is 7.11 Å². The molecule has 1 aliphatic heterocycles. The molecule has 2 aromatic rings. The van der Waals surface area contributed by atoms with Crippen LogP contribution in [0.25, 0.3) is 10.9 Å². The summed E-state index contributed by atoms with van der Waals surface area (Å²) in [4.78, 5) is 5.12. The third-order valence-electron chi connectivity index (χ3n) is 4.61. The number of ether oxygens (including phenoxy) is 3. The van der Waals surface area contributed by atoms with Crippen LogP contribution in [0, 0.1) is 12.3 Å². The molecule has 6 nitrogen and oxygen atoms in total. The highest BCUT2D eigenvalue weighted by atomic mass is 16.8. The molecule has 3 rings (SSSR count). The Balaban J connectivity index is 1.74. The minimum absolute atomic E-state index is 0.171. The van der Waals surface area contributed by atoms with E-state index in [0.717, 1.165) is 16.7 Å². The first kappa shape index (κ1) is 17.8. The summed E-state index contributed by atoms with van der Waals surface area (Å²) in [6.07, 6.45) is 7.12. The second kappa shape index (κ2) is 6.70. The maximum absolute atomic E-state index is 10.5. The van der Waals surface area contributed by atoms with Gasteiger partial charge in [-0.1, -0.05) is 12.0 Å². The summed E-state index contributed by atoms with van der Waals surface area (Å²) in [7, 11) is 1.41. The number of fused-ring (bicyclic) bond motifs is 1. The molecule has 1 aromatic heterocycles. The second-order valence-electron chi connectivity index (χ2n) is 6.75. The van der Waals surface area contributed by atoms with Gasteiger partial charge in [-0.3, -0.25) is 4.90 Å². The van der Waals surface area contributed by atoms with Gasteiger partial charge < -0.3 is 24.3 Å². The minimum atomic E-state index is -1.71. The average molecular weight is 344 g/mol. The number of H-pyrrole nitrogens is 1. The summed E-state index contributed by atoms with van der Waals surface area (Å²) in [5.41, 5.74) is 0.473. The number of β-amino-alcohol motifs (C(OH)–C–C–N with tert-alkyl or cyclic N) is 1. The van der Waals surface area contributed by atoms with Crippen molar-refractivity contribution in [1.29, 1.82) is 0 Å². The Kier molecular flexibility index (Phi) is 4.76. The first-order chi connectivity index (χ1) is 11.9. The Hall–Kier alpha value is -2.04. The molecule has 6 heteroatoms. The van der Waals surface area contributed by atoms with Crippen molar-refractivity contribution in [2.45, 2.75) is 31.5 Å². The van der Waals surface area contributed by atoms with Crippen LogP contribution in [0.4, 0.5) is 0 Å². The number of aromatic amines is 1. The van der Waals surface area contributed by atoms with Gasteiger partial charge in [0.25, 0.3) is 5.97 Å². The molecular weight excluding hydrogens is 320 g/mol. The summed E-state index contributed by atoms with van der Waals surface area (Å²) in [5, 5.41) is 11.5. The highest BCUT2D eigenvalue weighted by Crippen LogP contribution is 2.28. The number of nitrogens with one attached hydrogen (secondary N) is 1. The van der Waals surface area contributed by atoms with Crippen LogP contribution in [0.1, 0.15) is 13.8 Å². The number of morpholine rings is 1. The van der Waals surface area contributed by atoms with E-state index >= 15 is 0 Å². The van der Waals surface area contributed by atoms with Gasteiger partial charge in [-0.25, -0.2) is 0 Å². The van der Waals surface area contributed by atoms with Crippen LogP contribution in [-0.2, 0) is 9.47 Å². The van der Waals surface area contributed by atoms with Crippen molar-refractivity contribution in [2.75, 3.05) is 26.8 Å². The monoisotopic (exact) mass is 344 g/mol. The topological polar surface area (TPSA) is 67.0 Å². The number of hydrogen-bond donors (Lipinski definition) is 2. The van der Waals surface area contributed by atoms with Gasteiger partial charge in [-0.15, -0.1) is 6.42 Å². The SMILES string of the molecule is C#CC(C)(C)N1CC(COc2cccc3[nH]ccc23)OC(O)(OC)C1. The summed E-state index contributed by atoms with van der Waals surface area (Å²) >= 11 is 0. The van der Waals surface area contributed by atoms with E-state index in [-0.39, 0.29) is 19.3 Å². The summed E-state index contributed by atoms with van der Waals surface area (Å²) in [6, 6.07) is 7.78. The fraction of sp³-hybridized carbons (Fsp3) is 0.474. The first-order valence-electron chi connectivity index (χ1n) is 8.24. The van der Waals surface area contributed by atoms with Crippen molar-refractivity contribution in [3.63, 3.8) is 0 Å². The molecule has 1 saturated heterocycles. The number of methoxy groups -OCH3 is 1. The second-order valence-corrected chi connectivity index (χ2v) is 6.75. The fourth-order valence-corrected chi connectivity index (χ4v) is 2.97. The van der Waals surface area contributed by atoms with Gasteiger partial charge in [-0.05, 0) is 32.0 Å². The Morgan fingerprint density at radius 1 is 1.48 bits per heavy atom. The Labute approximate surface area is 147 Å². The van der Waals surface area contributed by atoms with Crippen LogP contribution in [0.2, 0.25) is 0 Å². The smallest absolute Gasteiger partial charge is 0.294 e. The van der Waals surface area contributed by atoms with Crippen LogP contribution in [-0.4, -0.2) is 59.4 Å². The molecule has 2 unspecified atom stereocenters. The lowest BCUT2D eigenvalue weighted by Crippen LogP contribution is -2.62. The van der Waals surface area contributed by atoms with Gasteiger partial charge >= 0.3 is 0 Å². The Morgan fingerprint density at radius 3 is 3.00 bits per heavy atom. The van der Waals surface area contributed by atoms with Crippen LogP contribution in [0.15, 0.2) is 30.5 Å². The van der Waals surface area contributed by atoms with E-state index in [1.54, 1.807) is 0 Å². The number of aliphatic hydroxyl groups is 1. The molecule has 0 amide bonds. The molecule has 1 fully saturated rings. The molecule has 1 aliphatic rings. The molecule has 2 N–H and O–H groups in total. The van der Waals surface area contributed by atoms with Crippen molar-refractivity contribution >= 4 is 10.9 Å². The molecule has 0 bridgehead atoms.